The van der Waals surface area contributed by atoms with Crippen LogP contribution in [-0.2, 0) is 0 Å². The third-order valence-corrected chi connectivity index (χ3v) is 3.73. The molecule has 0 radical (unpaired) electrons. The zero-order chi connectivity index (χ0) is 14.9. The number of hydrogen-bond donors (Lipinski definition) is 1. The standard InChI is InChI=1S/C16H16BrFO2/c1-9-6-10(2)15(13(18)7-9)16(19)12-8-11(17)4-5-14(12)20-3/h4-8,16,19H,1-3H3. The van der Waals surface area contributed by atoms with Crippen LogP contribution in [0.25, 0.3) is 0 Å². The molecule has 2 nitrogen and oxygen atoms in total. The van der Waals surface area contributed by atoms with E-state index in [1.165, 1.54) is 13.2 Å². The van der Waals surface area contributed by atoms with Gasteiger partial charge in [0, 0.05) is 15.6 Å². The highest BCUT2D eigenvalue weighted by Gasteiger charge is 2.21. The highest BCUT2D eigenvalue weighted by atomic mass is 79.9. The Hall–Kier alpha value is -1.39. The molecule has 2 aromatic carbocycles. The first-order valence-corrected chi connectivity index (χ1v) is 7.01. The molecule has 0 fully saturated rings. The van der Waals surface area contributed by atoms with Crippen molar-refractivity contribution >= 4 is 15.9 Å². The molecule has 106 valence electrons. The number of halogens is 2. The average Bonchev–Trinajstić information content (AvgIpc) is 2.37. The second-order valence-electron chi connectivity index (χ2n) is 4.77. The fraction of sp³-hybridized carbons (Fsp3) is 0.250. The third kappa shape index (κ3) is 2.86. The van der Waals surface area contributed by atoms with Crippen molar-refractivity contribution in [1.82, 2.24) is 0 Å². The highest BCUT2D eigenvalue weighted by molar-refractivity contribution is 9.10. The van der Waals surface area contributed by atoms with Crippen molar-refractivity contribution in [3.63, 3.8) is 0 Å². The van der Waals surface area contributed by atoms with E-state index >= 15 is 0 Å². The Morgan fingerprint density at radius 3 is 2.50 bits per heavy atom. The largest absolute Gasteiger partial charge is 0.496 e. The molecule has 0 aliphatic rings. The monoisotopic (exact) mass is 338 g/mol. The molecule has 0 aliphatic carbocycles. The van der Waals surface area contributed by atoms with Crippen LogP contribution in [0.4, 0.5) is 4.39 Å². The van der Waals surface area contributed by atoms with Gasteiger partial charge in [-0.1, -0.05) is 22.0 Å². The number of methoxy groups -OCH3 is 1. The first-order chi connectivity index (χ1) is 9.43. The Morgan fingerprint density at radius 1 is 1.20 bits per heavy atom. The van der Waals surface area contributed by atoms with Gasteiger partial charge in [-0.3, -0.25) is 0 Å². The van der Waals surface area contributed by atoms with Gasteiger partial charge in [-0.05, 0) is 49.2 Å². The second-order valence-corrected chi connectivity index (χ2v) is 5.68. The number of hydrogen-bond acceptors (Lipinski definition) is 2. The lowest BCUT2D eigenvalue weighted by Gasteiger charge is -2.18. The Morgan fingerprint density at radius 2 is 1.90 bits per heavy atom. The Balaban J connectivity index is 2.57. The van der Waals surface area contributed by atoms with E-state index in [1.54, 1.807) is 19.1 Å². The molecule has 4 heteroatoms. The molecular formula is C16H16BrFO2. The molecule has 2 rings (SSSR count). The zero-order valence-electron chi connectivity index (χ0n) is 11.6. The lowest BCUT2D eigenvalue weighted by atomic mass is 9.95. The molecular weight excluding hydrogens is 323 g/mol. The Kier molecular flexibility index (Phi) is 4.45. The molecule has 0 heterocycles. The number of aliphatic hydroxyl groups excluding tert-OH is 1. The molecule has 2 aromatic rings. The second kappa shape index (κ2) is 5.94. The van der Waals surface area contributed by atoms with Crippen molar-refractivity contribution in [3.8, 4) is 5.75 Å². The van der Waals surface area contributed by atoms with E-state index in [1.807, 2.05) is 19.1 Å². The molecule has 20 heavy (non-hydrogen) atoms. The van der Waals surface area contributed by atoms with Crippen molar-refractivity contribution < 1.29 is 14.2 Å². The number of ether oxygens (including phenoxy) is 1. The Bertz CT molecular complexity index is 617. The summed E-state index contributed by atoms with van der Waals surface area (Å²) in [5.74, 6) is 0.122. The van der Waals surface area contributed by atoms with Gasteiger partial charge in [0.1, 0.15) is 17.7 Å². The predicted octanol–water partition coefficient (Wildman–Crippen LogP) is 4.30. The first kappa shape index (κ1) is 15.0. The summed E-state index contributed by atoms with van der Waals surface area (Å²) in [6.07, 6.45) is -1.07. The molecule has 0 aliphatic heterocycles. The summed E-state index contributed by atoms with van der Waals surface area (Å²) in [6, 6.07) is 8.57. The molecule has 1 unspecified atom stereocenters. The van der Waals surface area contributed by atoms with Crippen LogP contribution in [-0.4, -0.2) is 12.2 Å². The number of aryl methyl sites for hydroxylation is 2. The van der Waals surface area contributed by atoms with E-state index in [9.17, 15) is 9.50 Å². The molecule has 0 amide bonds. The van der Waals surface area contributed by atoms with Crippen molar-refractivity contribution in [2.45, 2.75) is 20.0 Å². The van der Waals surface area contributed by atoms with Crippen LogP contribution in [0.15, 0.2) is 34.8 Å². The van der Waals surface area contributed by atoms with Gasteiger partial charge in [-0.2, -0.15) is 0 Å². The number of aliphatic hydroxyl groups is 1. The molecule has 0 spiro atoms. The van der Waals surface area contributed by atoms with E-state index in [0.29, 0.717) is 11.3 Å². The Labute approximate surface area is 126 Å². The van der Waals surface area contributed by atoms with E-state index in [-0.39, 0.29) is 5.56 Å². The van der Waals surface area contributed by atoms with Gasteiger partial charge in [-0.25, -0.2) is 4.39 Å². The van der Waals surface area contributed by atoms with Crippen LogP contribution in [0.5, 0.6) is 5.75 Å². The van der Waals surface area contributed by atoms with Gasteiger partial charge in [-0.15, -0.1) is 0 Å². The molecule has 0 saturated carbocycles. The summed E-state index contributed by atoms with van der Waals surface area (Å²) >= 11 is 3.35. The van der Waals surface area contributed by atoms with E-state index < -0.39 is 11.9 Å². The minimum absolute atomic E-state index is 0.284. The zero-order valence-corrected chi connectivity index (χ0v) is 13.2. The predicted molar refractivity (Wildman–Crippen MR) is 80.6 cm³/mol. The quantitative estimate of drug-likeness (QED) is 0.904. The third-order valence-electron chi connectivity index (χ3n) is 3.24. The van der Waals surface area contributed by atoms with E-state index in [0.717, 1.165) is 15.6 Å². The molecule has 1 N–H and O–H groups in total. The van der Waals surface area contributed by atoms with Gasteiger partial charge < -0.3 is 9.84 Å². The van der Waals surface area contributed by atoms with Crippen LogP contribution >= 0.6 is 15.9 Å². The van der Waals surface area contributed by atoms with Gasteiger partial charge in [0.15, 0.2) is 0 Å². The minimum atomic E-state index is -1.07. The van der Waals surface area contributed by atoms with Crippen molar-refractivity contribution in [2.24, 2.45) is 0 Å². The van der Waals surface area contributed by atoms with Crippen LogP contribution in [0.3, 0.4) is 0 Å². The minimum Gasteiger partial charge on any atom is -0.496 e. The maximum atomic E-state index is 14.2. The fourth-order valence-corrected chi connectivity index (χ4v) is 2.73. The first-order valence-electron chi connectivity index (χ1n) is 6.22. The van der Waals surface area contributed by atoms with Crippen LogP contribution in [0.2, 0.25) is 0 Å². The summed E-state index contributed by atoms with van der Waals surface area (Å²) in [5, 5.41) is 10.5. The summed E-state index contributed by atoms with van der Waals surface area (Å²) in [7, 11) is 1.53. The molecule has 1 atom stereocenters. The molecule has 0 aromatic heterocycles. The molecule has 0 saturated heterocycles. The summed E-state index contributed by atoms with van der Waals surface area (Å²) in [4.78, 5) is 0. The topological polar surface area (TPSA) is 29.5 Å². The van der Waals surface area contributed by atoms with E-state index in [2.05, 4.69) is 15.9 Å². The summed E-state index contributed by atoms with van der Waals surface area (Å²) in [6.45, 7) is 3.62. The molecule has 0 bridgehead atoms. The fourth-order valence-electron chi connectivity index (χ4n) is 2.35. The van der Waals surface area contributed by atoms with E-state index in [4.69, 9.17) is 4.74 Å². The van der Waals surface area contributed by atoms with Crippen LogP contribution in [0, 0.1) is 19.7 Å². The van der Waals surface area contributed by atoms with Gasteiger partial charge in [0.25, 0.3) is 0 Å². The van der Waals surface area contributed by atoms with Crippen LogP contribution in [0.1, 0.15) is 28.4 Å². The summed E-state index contributed by atoms with van der Waals surface area (Å²) < 4.78 is 20.2. The van der Waals surface area contributed by atoms with Gasteiger partial charge in [0.05, 0.1) is 7.11 Å². The van der Waals surface area contributed by atoms with Crippen molar-refractivity contribution in [1.29, 1.82) is 0 Å². The summed E-state index contributed by atoms with van der Waals surface area (Å²) in [5.41, 5.74) is 2.37. The SMILES string of the molecule is COc1ccc(Br)cc1C(O)c1c(C)cc(C)cc1F. The van der Waals surface area contributed by atoms with Crippen molar-refractivity contribution in [3.05, 3.63) is 62.9 Å². The van der Waals surface area contributed by atoms with Gasteiger partial charge >= 0.3 is 0 Å². The van der Waals surface area contributed by atoms with Crippen molar-refractivity contribution in [2.75, 3.05) is 7.11 Å². The lowest BCUT2D eigenvalue weighted by molar-refractivity contribution is 0.208. The number of benzene rings is 2. The average molecular weight is 339 g/mol. The van der Waals surface area contributed by atoms with Gasteiger partial charge in [0.2, 0.25) is 0 Å². The maximum Gasteiger partial charge on any atom is 0.129 e. The maximum absolute atomic E-state index is 14.2. The van der Waals surface area contributed by atoms with Crippen LogP contribution < -0.4 is 4.74 Å². The smallest absolute Gasteiger partial charge is 0.129 e. The lowest BCUT2D eigenvalue weighted by Crippen LogP contribution is -2.07. The highest BCUT2D eigenvalue weighted by Crippen LogP contribution is 2.35. The number of rotatable bonds is 3. The normalized spacial score (nSPS) is 12.3.